The maximum Gasteiger partial charge on any atom is 0.229 e. The van der Waals surface area contributed by atoms with Crippen molar-refractivity contribution in [1.29, 1.82) is 0 Å². The van der Waals surface area contributed by atoms with Crippen molar-refractivity contribution in [2.45, 2.75) is 27.3 Å². The van der Waals surface area contributed by atoms with E-state index >= 15 is 0 Å². The van der Waals surface area contributed by atoms with Crippen LogP contribution < -0.4 is 28.1 Å². The fraction of sp³-hybridized carbons (Fsp3) is 0.357. The first-order valence-corrected chi connectivity index (χ1v) is 7.83. The second-order valence-electron chi connectivity index (χ2n) is 4.27. The van der Waals surface area contributed by atoms with Gasteiger partial charge in [0.15, 0.2) is 6.54 Å². The molecule has 1 aromatic carbocycles. The third-order valence-corrected chi connectivity index (χ3v) is 2.68. The Morgan fingerprint density at radius 3 is 2.05 bits per heavy atom. The molecule has 122 valence electrons. The van der Waals surface area contributed by atoms with Crippen molar-refractivity contribution < 1.29 is 42.9 Å². The molecule has 1 heterocycles. The predicted octanol–water partition coefficient (Wildman–Crippen LogP) is -1.79. The molecule has 0 amide bonds. The van der Waals surface area contributed by atoms with E-state index in [4.69, 9.17) is 27.9 Å². The molecule has 0 fully saturated rings. The number of hydrogen-bond donors (Lipinski definition) is 0. The average molecular weight is 332 g/mol. The molecule has 0 spiro atoms. The van der Waals surface area contributed by atoms with E-state index in [9.17, 15) is 0 Å². The van der Waals surface area contributed by atoms with Gasteiger partial charge in [-0.25, -0.2) is 23.2 Å². The molecule has 0 aliphatic heterocycles. The summed E-state index contributed by atoms with van der Waals surface area (Å²) in [7, 11) is -4.94. The highest BCUT2D eigenvalue weighted by Crippen LogP contribution is 2.22. The summed E-state index contributed by atoms with van der Waals surface area (Å²) in [5.74, 6) is 1.79. The Bertz CT molecular complexity index is 570. The van der Waals surface area contributed by atoms with E-state index in [0.29, 0.717) is 6.61 Å². The zero-order valence-corrected chi connectivity index (χ0v) is 13.3. The molecule has 2 rings (SSSR count). The van der Waals surface area contributed by atoms with E-state index in [1.807, 2.05) is 42.9 Å². The summed E-state index contributed by atoms with van der Waals surface area (Å²) in [6.07, 6.45) is 0. The van der Waals surface area contributed by atoms with Gasteiger partial charge in [0.2, 0.25) is 11.5 Å². The van der Waals surface area contributed by atoms with E-state index in [-0.39, 0.29) is 0 Å². The fourth-order valence-electron chi connectivity index (χ4n) is 1.81. The minimum absolute atomic E-state index is 0.690. The molecule has 0 aliphatic carbocycles. The van der Waals surface area contributed by atoms with Crippen LogP contribution in [0, 0.1) is 17.2 Å². The highest BCUT2D eigenvalue weighted by atomic mass is 35.7. The minimum Gasteiger partial charge on any atom is -0.494 e. The van der Waals surface area contributed by atoms with Gasteiger partial charge in [0.25, 0.3) is 0 Å². The second kappa shape index (κ2) is 8.11. The van der Waals surface area contributed by atoms with Crippen LogP contribution in [-0.2, 0) is 6.54 Å². The molecule has 2 aromatic rings. The number of halogens is 1. The zero-order valence-electron chi connectivity index (χ0n) is 12.6. The molecule has 7 nitrogen and oxygen atoms in total. The number of hydrogen-bond acceptors (Lipinski definition) is 6. The molecule has 0 radical (unpaired) electrons. The van der Waals surface area contributed by atoms with E-state index < -0.39 is 10.2 Å². The van der Waals surface area contributed by atoms with E-state index in [1.165, 1.54) is 0 Å². The van der Waals surface area contributed by atoms with Crippen LogP contribution in [-0.4, -0.2) is 6.61 Å². The lowest BCUT2D eigenvalue weighted by atomic mass is 10.1. The number of ether oxygens (including phenoxy) is 1. The SMILES string of the molecule is CCOc1ccc(-c2cc(C)[n+](CC)o2)cc1.[O-][Cl+3]([O-])([O-])[O-]. The smallest absolute Gasteiger partial charge is 0.229 e. The third kappa shape index (κ3) is 6.42. The van der Waals surface area contributed by atoms with Gasteiger partial charge in [-0.3, -0.25) is 0 Å². The molecule has 0 aliphatic rings. The van der Waals surface area contributed by atoms with Crippen LogP contribution in [0.3, 0.4) is 0 Å². The zero-order chi connectivity index (χ0) is 16.8. The van der Waals surface area contributed by atoms with Gasteiger partial charge in [-0.1, -0.05) is 0 Å². The average Bonchev–Trinajstić information content (AvgIpc) is 2.79. The lowest BCUT2D eigenvalue weighted by Gasteiger charge is -2.17. The third-order valence-electron chi connectivity index (χ3n) is 2.68. The topological polar surface area (TPSA) is 118 Å². The molecule has 0 atom stereocenters. The van der Waals surface area contributed by atoms with Gasteiger partial charge < -0.3 is 4.74 Å². The van der Waals surface area contributed by atoms with Crippen LogP contribution in [0.1, 0.15) is 19.5 Å². The molecule has 0 saturated heterocycles. The standard InChI is InChI=1S/C14H18NO2.ClHO4/c1-4-15-11(3)10-14(17-15)12-6-8-13(9-7-12)16-5-2;2-1(3,4)5/h6-10H,4-5H2,1-3H3;(H,2,3,4,5)/q+1;/p-1. The summed E-state index contributed by atoms with van der Waals surface area (Å²) in [6.45, 7) is 7.63. The summed E-state index contributed by atoms with van der Waals surface area (Å²) in [6, 6.07) is 10.0. The van der Waals surface area contributed by atoms with Crippen molar-refractivity contribution in [3.05, 3.63) is 36.0 Å². The number of rotatable bonds is 4. The van der Waals surface area contributed by atoms with Crippen molar-refractivity contribution in [2.75, 3.05) is 6.61 Å². The van der Waals surface area contributed by atoms with Crippen molar-refractivity contribution in [3.63, 3.8) is 0 Å². The van der Waals surface area contributed by atoms with Crippen LogP contribution in [0.5, 0.6) is 5.75 Å². The lowest BCUT2D eigenvalue weighted by molar-refractivity contribution is -2.00. The Labute approximate surface area is 130 Å². The molecule has 1 aromatic heterocycles. The van der Waals surface area contributed by atoms with Crippen LogP contribution in [0.2, 0.25) is 0 Å². The summed E-state index contributed by atoms with van der Waals surface area (Å²) >= 11 is 0. The first-order chi connectivity index (χ1) is 10.2. The maximum absolute atomic E-state index is 8.49. The van der Waals surface area contributed by atoms with E-state index in [2.05, 4.69) is 13.0 Å². The summed E-state index contributed by atoms with van der Waals surface area (Å²) < 4.78 is 47.0. The van der Waals surface area contributed by atoms with Crippen molar-refractivity contribution in [3.8, 4) is 17.1 Å². The summed E-state index contributed by atoms with van der Waals surface area (Å²) in [4.78, 5) is 0. The molecule has 0 unspecified atom stereocenters. The molecule has 22 heavy (non-hydrogen) atoms. The lowest BCUT2D eigenvalue weighted by Crippen LogP contribution is -2.68. The largest absolute Gasteiger partial charge is 0.494 e. The summed E-state index contributed by atoms with van der Waals surface area (Å²) in [5.41, 5.74) is 2.21. The first-order valence-electron chi connectivity index (χ1n) is 6.60. The van der Waals surface area contributed by atoms with Gasteiger partial charge in [-0.05, 0) is 42.9 Å². The van der Waals surface area contributed by atoms with Gasteiger partial charge in [-0.2, -0.15) is 0 Å². The Hall–Kier alpha value is -1.64. The summed E-state index contributed by atoms with van der Waals surface area (Å²) in [5, 5.41) is 0. The molecule has 8 heteroatoms. The highest BCUT2D eigenvalue weighted by Gasteiger charge is 2.14. The second-order valence-corrected chi connectivity index (χ2v) is 5.03. The Morgan fingerprint density at radius 2 is 1.64 bits per heavy atom. The molecule has 0 saturated carbocycles. The van der Waals surface area contributed by atoms with Crippen LogP contribution in [0.25, 0.3) is 11.3 Å². The van der Waals surface area contributed by atoms with Crippen molar-refractivity contribution in [1.82, 2.24) is 0 Å². The van der Waals surface area contributed by atoms with Gasteiger partial charge in [-0.15, -0.1) is 10.2 Å². The van der Waals surface area contributed by atoms with Crippen molar-refractivity contribution >= 4 is 0 Å². The first kappa shape index (κ1) is 18.4. The highest BCUT2D eigenvalue weighted by molar-refractivity contribution is 5.57. The normalized spacial score (nSPS) is 10.9. The Morgan fingerprint density at radius 1 is 1.09 bits per heavy atom. The Kier molecular flexibility index (Phi) is 6.79. The molecular weight excluding hydrogens is 314 g/mol. The van der Waals surface area contributed by atoms with Gasteiger partial charge >= 0.3 is 0 Å². The monoisotopic (exact) mass is 331 g/mol. The number of benzene rings is 1. The van der Waals surface area contributed by atoms with Crippen LogP contribution in [0.4, 0.5) is 0 Å². The predicted molar refractivity (Wildman–Crippen MR) is 65.9 cm³/mol. The van der Waals surface area contributed by atoms with Crippen LogP contribution in [0.15, 0.2) is 34.9 Å². The van der Waals surface area contributed by atoms with Gasteiger partial charge in [0.05, 0.1) is 12.7 Å². The van der Waals surface area contributed by atoms with Gasteiger partial charge in [0.1, 0.15) is 5.75 Å². The number of aryl methyl sites for hydroxylation is 2. The Balaban J connectivity index is 0.000000422. The van der Waals surface area contributed by atoms with Gasteiger partial charge in [0, 0.05) is 12.5 Å². The maximum atomic E-state index is 8.49. The van der Waals surface area contributed by atoms with E-state index in [0.717, 1.165) is 29.3 Å². The fourth-order valence-corrected chi connectivity index (χ4v) is 1.81. The van der Waals surface area contributed by atoms with E-state index in [1.54, 1.807) is 0 Å². The number of aromatic nitrogens is 1. The van der Waals surface area contributed by atoms with Crippen molar-refractivity contribution in [2.24, 2.45) is 0 Å². The quantitative estimate of drug-likeness (QED) is 0.610. The molecular formula is C14H18ClNO6. The minimum atomic E-state index is -4.94. The number of nitrogens with zero attached hydrogens (tertiary/aromatic N) is 1. The molecule has 0 bridgehead atoms. The van der Waals surface area contributed by atoms with Crippen LogP contribution >= 0.6 is 0 Å². The molecule has 0 N–H and O–H groups in total.